The summed E-state index contributed by atoms with van der Waals surface area (Å²) < 4.78 is 5.15. The number of amides is 1. The van der Waals surface area contributed by atoms with Crippen molar-refractivity contribution in [1.29, 1.82) is 5.26 Å². The van der Waals surface area contributed by atoms with E-state index in [1.54, 1.807) is 24.3 Å². The number of rotatable bonds is 5. The molecule has 1 aliphatic rings. The van der Waals surface area contributed by atoms with Crippen molar-refractivity contribution in [3.8, 4) is 6.07 Å². The van der Waals surface area contributed by atoms with Crippen LogP contribution in [0.2, 0.25) is 0 Å². The van der Waals surface area contributed by atoms with Gasteiger partial charge in [-0.15, -0.1) is 0 Å². The van der Waals surface area contributed by atoms with Crippen molar-refractivity contribution in [2.75, 3.05) is 5.32 Å². The highest BCUT2D eigenvalue weighted by Crippen LogP contribution is 2.21. The van der Waals surface area contributed by atoms with Gasteiger partial charge >= 0.3 is 5.97 Å². The first-order valence-corrected chi connectivity index (χ1v) is 7.25. The average Bonchev–Trinajstić information content (AvgIpc) is 3.00. The zero-order valence-corrected chi connectivity index (χ0v) is 12.4. The molecule has 114 valence electrons. The van der Waals surface area contributed by atoms with Gasteiger partial charge in [-0.3, -0.25) is 9.59 Å². The molecule has 0 radical (unpaired) electrons. The van der Waals surface area contributed by atoms with Crippen molar-refractivity contribution in [2.45, 2.75) is 32.3 Å². The number of hydrogen-bond acceptors (Lipinski definition) is 4. The fourth-order valence-corrected chi connectivity index (χ4v) is 2.29. The maximum Gasteiger partial charge on any atom is 0.307 e. The first-order valence-electron chi connectivity index (χ1n) is 7.25. The molecule has 5 heteroatoms. The number of benzene rings is 1. The first kappa shape index (κ1) is 15.8. The van der Waals surface area contributed by atoms with Gasteiger partial charge in [0.15, 0.2) is 6.10 Å². The Morgan fingerprint density at radius 1 is 1.50 bits per heavy atom. The summed E-state index contributed by atoms with van der Waals surface area (Å²) in [6.45, 7) is 1.53. The molecule has 1 amide bonds. The lowest BCUT2D eigenvalue weighted by Gasteiger charge is -2.15. The van der Waals surface area contributed by atoms with Gasteiger partial charge in [0.2, 0.25) is 0 Å². The normalized spacial score (nSPS) is 17.5. The van der Waals surface area contributed by atoms with Crippen LogP contribution in [-0.4, -0.2) is 18.0 Å². The van der Waals surface area contributed by atoms with Gasteiger partial charge in [0.25, 0.3) is 5.91 Å². The fraction of sp³-hybridized carbons (Fsp3) is 0.353. The molecule has 2 atom stereocenters. The van der Waals surface area contributed by atoms with Crippen molar-refractivity contribution in [3.63, 3.8) is 0 Å². The standard InChI is InChI=1S/C17H18N2O3/c1-12(22-16(20)10-13-5-2-3-6-13)17(21)19-15-8-4-7-14(9-15)11-18/h2,4-5,7-9,12-13H,3,6,10H2,1H3,(H,19,21)/t12-,13+/m1/s1. The zero-order valence-electron chi connectivity index (χ0n) is 12.4. The summed E-state index contributed by atoms with van der Waals surface area (Å²) in [5, 5.41) is 11.5. The van der Waals surface area contributed by atoms with Crippen LogP contribution in [0.3, 0.4) is 0 Å². The molecule has 22 heavy (non-hydrogen) atoms. The number of carbonyl (C=O) groups excluding carboxylic acids is 2. The van der Waals surface area contributed by atoms with E-state index in [2.05, 4.69) is 11.4 Å². The highest BCUT2D eigenvalue weighted by atomic mass is 16.5. The predicted molar refractivity (Wildman–Crippen MR) is 81.8 cm³/mol. The smallest absolute Gasteiger partial charge is 0.307 e. The molecule has 0 unspecified atom stereocenters. The van der Waals surface area contributed by atoms with E-state index >= 15 is 0 Å². The van der Waals surface area contributed by atoms with E-state index in [-0.39, 0.29) is 11.9 Å². The number of carbonyl (C=O) groups is 2. The summed E-state index contributed by atoms with van der Waals surface area (Å²) in [5.74, 6) is -0.564. The van der Waals surface area contributed by atoms with Gasteiger partial charge in [-0.05, 0) is 43.9 Å². The molecule has 2 rings (SSSR count). The van der Waals surface area contributed by atoms with Crippen LogP contribution in [-0.2, 0) is 14.3 Å². The number of hydrogen-bond donors (Lipinski definition) is 1. The molecular formula is C17H18N2O3. The summed E-state index contributed by atoms with van der Waals surface area (Å²) >= 11 is 0. The average molecular weight is 298 g/mol. The van der Waals surface area contributed by atoms with Crippen molar-refractivity contribution in [1.82, 2.24) is 0 Å². The number of anilines is 1. The molecule has 0 spiro atoms. The lowest BCUT2D eigenvalue weighted by atomic mass is 10.1. The lowest BCUT2D eigenvalue weighted by molar-refractivity contribution is -0.153. The number of ether oxygens (including phenoxy) is 1. The van der Waals surface area contributed by atoms with Gasteiger partial charge in [-0.1, -0.05) is 18.2 Å². The third-order valence-electron chi connectivity index (χ3n) is 3.48. The number of nitrogens with one attached hydrogen (secondary N) is 1. The van der Waals surface area contributed by atoms with E-state index in [1.165, 1.54) is 6.92 Å². The highest BCUT2D eigenvalue weighted by Gasteiger charge is 2.21. The number of nitrogens with zero attached hydrogens (tertiary/aromatic N) is 1. The Kier molecular flexibility index (Phi) is 5.31. The van der Waals surface area contributed by atoms with Gasteiger partial charge in [0, 0.05) is 5.69 Å². The van der Waals surface area contributed by atoms with Crippen molar-refractivity contribution in [3.05, 3.63) is 42.0 Å². The third kappa shape index (κ3) is 4.45. The van der Waals surface area contributed by atoms with Gasteiger partial charge in [-0.25, -0.2) is 0 Å². The second kappa shape index (κ2) is 7.41. The molecule has 0 fully saturated rings. The Balaban J connectivity index is 1.84. The molecule has 1 aromatic rings. The zero-order chi connectivity index (χ0) is 15.9. The first-order chi connectivity index (χ1) is 10.6. The summed E-state index contributed by atoms with van der Waals surface area (Å²) in [5.41, 5.74) is 0.959. The van der Waals surface area contributed by atoms with Gasteiger partial charge in [0.1, 0.15) is 0 Å². The Morgan fingerprint density at radius 2 is 2.32 bits per heavy atom. The van der Waals surface area contributed by atoms with E-state index in [4.69, 9.17) is 10.00 Å². The van der Waals surface area contributed by atoms with Gasteiger partial charge < -0.3 is 10.1 Å². The maximum atomic E-state index is 12.0. The minimum Gasteiger partial charge on any atom is -0.453 e. The summed E-state index contributed by atoms with van der Waals surface area (Å²) in [6.07, 6.45) is 5.44. The minimum atomic E-state index is -0.872. The van der Waals surface area contributed by atoms with E-state index in [1.807, 2.05) is 12.1 Å². The molecule has 0 saturated carbocycles. The van der Waals surface area contributed by atoms with E-state index in [9.17, 15) is 9.59 Å². The van der Waals surface area contributed by atoms with E-state index < -0.39 is 12.0 Å². The van der Waals surface area contributed by atoms with Crippen LogP contribution in [0.25, 0.3) is 0 Å². The van der Waals surface area contributed by atoms with Crippen LogP contribution >= 0.6 is 0 Å². The lowest BCUT2D eigenvalue weighted by Crippen LogP contribution is -2.30. The molecule has 0 saturated heterocycles. The van der Waals surface area contributed by atoms with Gasteiger partial charge in [0.05, 0.1) is 18.1 Å². The molecule has 1 aromatic carbocycles. The number of esters is 1. The number of allylic oxidation sites excluding steroid dienone is 2. The summed E-state index contributed by atoms with van der Waals surface area (Å²) in [7, 11) is 0. The predicted octanol–water partition coefficient (Wildman–Crippen LogP) is 2.78. The van der Waals surface area contributed by atoms with Crippen LogP contribution in [0.5, 0.6) is 0 Å². The highest BCUT2D eigenvalue weighted by molar-refractivity contribution is 5.95. The van der Waals surface area contributed by atoms with Crippen molar-refractivity contribution >= 4 is 17.6 Å². The molecule has 0 aromatic heterocycles. The maximum absolute atomic E-state index is 12.0. The largest absolute Gasteiger partial charge is 0.453 e. The summed E-state index contributed by atoms with van der Waals surface area (Å²) in [6, 6.07) is 8.57. The molecule has 1 aliphatic carbocycles. The molecular weight excluding hydrogens is 280 g/mol. The van der Waals surface area contributed by atoms with Crippen molar-refractivity contribution in [2.24, 2.45) is 5.92 Å². The molecule has 5 nitrogen and oxygen atoms in total. The number of nitriles is 1. The van der Waals surface area contributed by atoms with Crippen LogP contribution in [0, 0.1) is 17.2 Å². The fourth-order valence-electron chi connectivity index (χ4n) is 2.29. The monoisotopic (exact) mass is 298 g/mol. The van der Waals surface area contributed by atoms with Crippen molar-refractivity contribution < 1.29 is 14.3 Å². The summed E-state index contributed by atoms with van der Waals surface area (Å²) in [4.78, 5) is 23.8. The topological polar surface area (TPSA) is 79.2 Å². The molecule has 0 aliphatic heterocycles. The molecule has 0 bridgehead atoms. The quantitative estimate of drug-likeness (QED) is 0.669. The van der Waals surface area contributed by atoms with Crippen LogP contribution in [0.15, 0.2) is 36.4 Å². The van der Waals surface area contributed by atoms with Crippen LogP contribution < -0.4 is 5.32 Å². The Morgan fingerprint density at radius 3 is 3.00 bits per heavy atom. The minimum absolute atomic E-state index is 0.218. The SMILES string of the molecule is C[C@@H](OC(=O)C[C@H]1C=CCC1)C(=O)Nc1cccc(C#N)c1. The Bertz CT molecular complexity index is 631. The van der Waals surface area contributed by atoms with Gasteiger partial charge in [-0.2, -0.15) is 5.26 Å². The second-order valence-electron chi connectivity index (χ2n) is 5.28. The Hall–Kier alpha value is -2.61. The second-order valence-corrected chi connectivity index (χ2v) is 5.28. The van der Waals surface area contributed by atoms with E-state index in [0.29, 0.717) is 17.7 Å². The third-order valence-corrected chi connectivity index (χ3v) is 3.48. The van der Waals surface area contributed by atoms with Crippen LogP contribution in [0.4, 0.5) is 5.69 Å². The Labute approximate surface area is 129 Å². The molecule has 0 heterocycles. The van der Waals surface area contributed by atoms with Crippen LogP contribution in [0.1, 0.15) is 31.7 Å². The van der Waals surface area contributed by atoms with E-state index in [0.717, 1.165) is 12.8 Å². The molecule has 1 N–H and O–H groups in total.